The van der Waals surface area contributed by atoms with Gasteiger partial charge in [-0.25, -0.2) is 0 Å². The molecule has 0 spiro atoms. The summed E-state index contributed by atoms with van der Waals surface area (Å²) in [5, 5.41) is 20.6. The average molecular weight is 905 g/mol. The molecule has 0 fully saturated rings. The number of aliphatic hydroxyl groups is 2. The van der Waals surface area contributed by atoms with E-state index in [1.54, 1.807) is 0 Å². The normalized spacial score (nSPS) is 13.0. The second kappa shape index (κ2) is 17.6. The van der Waals surface area contributed by atoms with Gasteiger partial charge in [0.1, 0.15) is 0 Å². The van der Waals surface area contributed by atoms with Crippen LogP contribution < -0.4 is 15.9 Å². The Labute approximate surface area is 327 Å². The van der Waals surface area contributed by atoms with Crippen molar-refractivity contribution in [2.45, 2.75) is 49.0 Å². The minimum atomic E-state index is -6.42. The van der Waals surface area contributed by atoms with Crippen LogP contribution in [0.25, 0.3) is 0 Å². The zero-order valence-corrected chi connectivity index (χ0v) is 31.4. The van der Waals surface area contributed by atoms with Crippen LogP contribution in [-0.4, -0.2) is 60.2 Å². The molecule has 0 saturated carbocycles. The Morgan fingerprint density at radius 3 is 1.02 bits per heavy atom. The quantitative estimate of drug-likeness (QED) is 0.0928. The van der Waals surface area contributed by atoms with Gasteiger partial charge in [-0.05, 0) is 23.8 Å². The molecule has 5 rings (SSSR count). The Bertz CT molecular complexity index is 1970. The van der Waals surface area contributed by atoms with E-state index in [1.165, 1.54) is 46.2 Å². The van der Waals surface area contributed by atoms with Crippen LogP contribution in [0.1, 0.15) is 5.56 Å². The number of halogens is 14. The maximum absolute atomic E-state index is 13.3. The Kier molecular flexibility index (Phi) is 14.2. The van der Waals surface area contributed by atoms with Crippen molar-refractivity contribution in [2.24, 2.45) is 0 Å². The largest absolute Gasteiger partial charge is 0.0622 e. The molecule has 0 aliphatic rings. The van der Waals surface area contributed by atoms with Crippen LogP contribution in [0, 0.1) is 4.32 Å². The zero-order valence-electron chi connectivity index (χ0n) is 27.9. The number of hydrogen-bond donors (Lipinski definition) is 2. The van der Waals surface area contributed by atoms with Crippen molar-refractivity contribution in [3.8, 4) is 0 Å². The first kappa shape index (κ1) is 45.3. The number of nitrogens with zero attached hydrogens (tertiary/aromatic N) is 2. The molecule has 0 aliphatic heterocycles. The second-order valence-corrected chi connectivity index (χ2v) is 15.7. The molecule has 0 saturated heterocycles. The molecule has 0 aliphatic carbocycles. The molecule has 5 aromatic rings. The Balaban J connectivity index is 0.000000303. The van der Waals surface area contributed by atoms with Crippen LogP contribution >= 0.6 is 31.1 Å². The summed E-state index contributed by atoms with van der Waals surface area (Å²) >= 11 is 10.4. The predicted molar refractivity (Wildman–Crippen MR) is 187 cm³/mol. The van der Waals surface area contributed by atoms with Crippen molar-refractivity contribution >= 4 is 52.0 Å². The number of imidazole rings is 1. The van der Waals surface area contributed by atoms with Crippen LogP contribution in [0.4, 0.5) is 52.7 Å². The summed E-state index contributed by atoms with van der Waals surface area (Å²) in [7, 11) is -0.446. The van der Waals surface area contributed by atoms with E-state index in [0.717, 1.165) is 4.92 Å². The van der Waals surface area contributed by atoms with Gasteiger partial charge >= 0.3 is 214 Å². The fourth-order valence-corrected chi connectivity index (χ4v) is 9.07. The third-order valence-corrected chi connectivity index (χ3v) is 12.5. The van der Waals surface area contributed by atoms with E-state index < -0.39 is 85.6 Å². The SMILES string of the molecule is OC(Cn1c(Cl)c(Cl)n(CC(O)(C(F)(F)F)C(F)(F)F)[c]1=[Fe]=[CH]c1ccccc1)(C(F)(F)F)C(F)(F)F.c1ccc(P(c2ccccc2)c2ccccc2)cc1. The van der Waals surface area contributed by atoms with Gasteiger partial charge in [0.15, 0.2) is 0 Å². The molecule has 2 N–H and O–H groups in total. The Hall–Kier alpha value is -3.43. The first-order valence-corrected chi connectivity index (χ1v) is 18.8. The first-order valence-electron chi connectivity index (χ1n) is 15.6. The second-order valence-electron chi connectivity index (χ2n) is 11.7. The van der Waals surface area contributed by atoms with E-state index in [1.807, 2.05) is 0 Å². The average Bonchev–Trinajstić information content (AvgIpc) is 3.34. The van der Waals surface area contributed by atoms with Crippen LogP contribution in [0.15, 0.2) is 121 Å². The number of rotatable bonds is 8. The molecule has 4 aromatic carbocycles. The summed E-state index contributed by atoms with van der Waals surface area (Å²) in [6.45, 7) is -5.08. The van der Waals surface area contributed by atoms with Gasteiger partial charge in [0.2, 0.25) is 0 Å². The van der Waals surface area contributed by atoms with Gasteiger partial charge in [0.05, 0.1) is 0 Å². The van der Waals surface area contributed by atoms with Gasteiger partial charge in [-0.1, -0.05) is 91.0 Å². The molecule has 304 valence electrons. The maximum atomic E-state index is 13.3. The Morgan fingerprint density at radius 1 is 0.482 bits per heavy atom. The van der Waals surface area contributed by atoms with Crippen LogP contribution in [-0.2, 0) is 27.2 Å². The maximum Gasteiger partial charge on any atom is -0.0134 e. The van der Waals surface area contributed by atoms with E-state index in [9.17, 15) is 62.9 Å². The van der Waals surface area contributed by atoms with Crippen LogP contribution in [0.3, 0.4) is 0 Å². The molecule has 0 atom stereocenters. The van der Waals surface area contributed by atoms with Gasteiger partial charge in [-0.15, -0.1) is 0 Å². The molecule has 0 radical (unpaired) electrons. The summed E-state index contributed by atoms with van der Waals surface area (Å²) in [5.41, 5.74) is -10.9. The fraction of sp³-hybridized carbons (Fsp3) is 0.222. The summed E-state index contributed by atoms with van der Waals surface area (Å²) in [4.78, 5) is 1.01. The van der Waals surface area contributed by atoms with Crippen molar-refractivity contribution in [3.63, 3.8) is 0 Å². The van der Waals surface area contributed by atoms with Gasteiger partial charge in [-0.3, -0.25) is 0 Å². The van der Waals surface area contributed by atoms with E-state index in [0.29, 0.717) is 0 Å². The van der Waals surface area contributed by atoms with Gasteiger partial charge < -0.3 is 0 Å². The summed E-state index contributed by atoms with van der Waals surface area (Å²) in [5.74, 6) is 0. The standard InChI is InChI=1S/C18H15P.C11H6Cl2F12N2O2.C7H6.Fe/c1-4-10-16(11-5-1)19(17-12-6-2-7-13-17)18-14-8-3-9-15-18;12-4-5(13)27(2-7(29,10(20,21)22)11(23,24)25)3-26(4)1-6(28,8(14,15)16)9(17,18)19;1-7-5-3-2-4-6-7;/h1-15H;28-29H,1-2H2;1-6H;. The molecule has 4 nitrogen and oxygen atoms in total. The molecular formula is C36H27Cl2F12FeN2O2P. The minimum Gasteiger partial charge on any atom is -0.0622 e. The molecule has 0 amide bonds. The smallest absolute Gasteiger partial charge is 0.0134 e. The monoisotopic (exact) mass is 904 g/mol. The van der Waals surface area contributed by atoms with Crippen molar-refractivity contribution in [3.05, 3.63) is 142 Å². The molecule has 0 unspecified atom stereocenters. The summed E-state index contributed by atoms with van der Waals surface area (Å²) in [6, 6.07) is 39.3. The summed E-state index contributed by atoms with van der Waals surface area (Å²) < 4.78 is 158. The van der Waals surface area contributed by atoms with E-state index >= 15 is 0 Å². The van der Waals surface area contributed by atoms with Gasteiger partial charge in [-0.2, -0.15) is 0 Å². The zero-order chi connectivity index (χ0) is 41.7. The molecule has 1 heterocycles. The number of aromatic nitrogens is 2. The van der Waals surface area contributed by atoms with Crippen LogP contribution in [0.2, 0.25) is 10.3 Å². The topological polar surface area (TPSA) is 50.3 Å². The van der Waals surface area contributed by atoms with E-state index in [-0.39, 0.29) is 14.7 Å². The minimum absolute atomic E-state index is 0.192. The number of hydrogen-bond acceptors (Lipinski definition) is 2. The van der Waals surface area contributed by atoms with Crippen molar-refractivity contribution in [1.29, 1.82) is 0 Å². The molecule has 56 heavy (non-hydrogen) atoms. The third kappa shape index (κ3) is 9.98. The number of alkyl halides is 12. The van der Waals surface area contributed by atoms with E-state index in [2.05, 4.69) is 91.0 Å². The first-order chi connectivity index (χ1) is 25.9. The van der Waals surface area contributed by atoms with Gasteiger partial charge in [0, 0.05) is 0 Å². The van der Waals surface area contributed by atoms with Gasteiger partial charge in [0.25, 0.3) is 0 Å². The van der Waals surface area contributed by atoms with Crippen molar-refractivity contribution in [1.82, 2.24) is 9.13 Å². The fourth-order valence-electron chi connectivity index (χ4n) is 4.84. The van der Waals surface area contributed by atoms with E-state index in [4.69, 9.17) is 23.2 Å². The molecule has 20 heteroatoms. The Morgan fingerprint density at radius 2 is 0.750 bits per heavy atom. The molecule has 1 aromatic heterocycles. The number of benzene rings is 4. The molecule has 0 bridgehead atoms. The third-order valence-electron chi connectivity index (χ3n) is 7.83. The summed E-state index contributed by atoms with van der Waals surface area (Å²) in [6.07, 6.45) is -25.7. The molecular weight excluding hydrogens is 878 g/mol. The van der Waals surface area contributed by atoms with Crippen molar-refractivity contribution < 1.29 is 77.0 Å². The predicted octanol–water partition coefficient (Wildman–Crippen LogP) is 9.22. The van der Waals surface area contributed by atoms with Crippen LogP contribution in [0.5, 0.6) is 0 Å². The van der Waals surface area contributed by atoms with Crippen molar-refractivity contribution in [2.75, 3.05) is 0 Å².